The van der Waals surface area contributed by atoms with E-state index in [1.54, 1.807) is 18.3 Å². The maximum atomic E-state index is 12.3. The van der Waals surface area contributed by atoms with Crippen LogP contribution in [0.15, 0.2) is 58.4 Å². The lowest BCUT2D eigenvalue weighted by molar-refractivity contribution is 0.339. The number of hydrogen-bond acceptors (Lipinski definition) is 6. The highest BCUT2D eigenvalue weighted by Gasteiger charge is 2.12. The lowest BCUT2D eigenvalue weighted by atomic mass is 10.1. The summed E-state index contributed by atoms with van der Waals surface area (Å²) in [6.45, 7) is 4.43. The highest BCUT2D eigenvalue weighted by Crippen LogP contribution is 2.20. The molecule has 0 aliphatic carbocycles. The van der Waals surface area contributed by atoms with Gasteiger partial charge in [0, 0.05) is 11.1 Å². The quantitative estimate of drug-likeness (QED) is 0.509. The number of nitriles is 1. The van der Waals surface area contributed by atoms with Gasteiger partial charge in [-0.05, 0) is 26.0 Å². The number of ether oxygens (including phenoxy) is 1. The van der Waals surface area contributed by atoms with Crippen molar-refractivity contribution in [2.24, 2.45) is 5.10 Å². The van der Waals surface area contributed by atoms with Gasteiger partial charge in [-0.3, -0.25) is 9.78 Å². The third-order valence-electron chi connectivity index (χ3n) is 3.92. The second kappa shape index (κ2) is 8.64. The summed E-state index contributed by atoms with van der Waals surface area (Å²) >= 11 is 0. The minimum absolute atomic E-state index is 0.0435. The number of nitrogens with one attached hydrogen (secondary N) is 2. The molecule has 0 bridgehead atoms. The summed E-state index contributed by atoms with van der Waals surface area (Å²) in [4.78, 5) is 19.1. The fourth-order valence-corrected chi connectivity index (χ4v) is 2.65. The van der Waals surface area contributed by atoms with Crippen molar-refractivity contribution in [1.82, 2.24) is 9.97 Å². The fraction of sp³-hybridized carbons (Fsp3) is 0.143. The molecule has 0 saturated carbocycles. The third kappa shape index (κ3) is 4.24. The molecule has 3 aromatic rings. The van der Waals surface area contributed by atoms with E-state index >= 15 is 0 Å². The van der Waals surface area contributed by atoms with Gasteiger partial charge in [0.05, 0.1) is 18.5 Å². The van der Waals surface area contributed by atoms with E-state index in [2.05, 4.69) is 20.5 Å². The lowest BCUT2D eigenvalue weighted by Gasteiger charge is -2.08. The van der Waals surface area contributed by atoms with E-state index in [1.165, 1.54) is 0 Å². The molecule has 1 aromatic heterocycles. The van der Waals surface area contributed by atoms with E-state index < -0.39 is 5.56 Å². The third-order valence-corrected chi connectivity index (χ3v) is 3.92. The van der Waals surface area contributed by atoms with Crippen molar-refractivity contribution in [1.29, 1.82) is 5.26 Å². The Morgan fingerprint density at radius 3 is 2.79 bits per heavy atom. The van der Waals surface area contributed by atoms with Gasteiger partial charge in [-0.1, -0.05) is 42.0 Å². The van der Waals surface area contributed by atoms with E-state index in [0.717, 1.165) is 11.1 Å². The number of benzene rings is 2. The second-order valence-electron chi connectivity index (χ2n) is 5.96. The molecule has 0 saturated heterocycles. The SMILES string of the molecule is CCOc1ccc(C)cc1C=NNc1nc(-c2ccccc2)c(C#N)c(=O)[nH]1. The van der Waals surface area contributed by atoms with Crippen molar-refractivity contribution >= 4 is 12.2 Å². The smallest absolute Gasteiger partial charge is 0.270 e. The van der Waals surface area contributed by atoms with Crippen molar-refractivity contribution in [3.63, 3.8) is 0 Å². The lowest BCUT2D eigenvalue weighted by Crippen LogP contribution is -2.16. The van der Waals surface area contributed by atoms with Crippen molar-refractivity contribution in [2.75, 3.05) is 12.0 Å². The zero-order valence-electron chi connectivity index (χ0n) is 15.6. The average molecular weight is 373 g/mol. The summed E-state index contributed by atoms with van der Waals surface area (Å²) < 4.78 is 5.59. The van der Waals surface area contributed by atoms with Gasteiger partial charge in [0.15, 0.2) is 0 Å². The second-order valence-corrected chi connectivity index (χ2v) is 5.96. The van der Waals surface area contributed by atoms with Crippen LogP contribution >= 0.6 is 0 Å². The first-order chi connectivity index (χ1) is 13.6. The Balaban J connectivity index is 1.91. The molecule has 0 aliphatic rings. The van der Waals surface area contributed by atoms with Crippen LogP contribution in [0.4, 0.5) is 5.95 Å². The summed E-state index contributed by atoms with van der Waals surface area (Å²) in [5, 5.41) is 13.5. The molecule has 0 unspecified atom stereocenters. The number of anilines is 1. The topological polar surface area (TPSA) is 103 Å². The number of rotatable bonds is 6. The molecule has 2 N–H and O–H groups in total. The Morgan fingerprint density at radius 1 is 1.29 bits per heavy atom. The van der Waals surface area contributed by atoms with Crippen LogP contribution in [0.25, 0.3) is 11.3 Å². The van der Waals surface area contributed by atoms with Crippen LogP contribution in [0.2, 0.25) is 0 Å². The summed E-state index contributed by atoms with van der Waals surface area (Å²) in [5.41, 5.74) is 5.00. The molecule has 0 fully saturated rings. The molecular formula is C21H19N5O2. The van der Waals surface area contributed by atoms with Gasteiger partial charge in [-0.2, -0.15) is 10.4 Å². The van der Waals surface area contributed by atoms with Crippen LogP contribution in [0.1, 0.15) is 23.6 Å². The van der Waals surface area contributed by atoms with Crippen LogP contribution in [0.3, 0.4) is 0 Å². The van der Waals surface area contributed by atoms with Gasteiger partial charge in [0.2, 0.25) is 5.95 Å². The Bertz CT molecular complexity index is 1100. The van der Waals surface area contributed by atoms with Crippen LogP contribution in [-0.4, -0.2) is 22.8 Å². The zero-order chi connectivity index (χ0) is 19.9. The molecule has 0 amide bonds. The highest BCUT2D eigenvalue weighted by molar-refractivity contribution is 5.84. The number of aryl methyl sites for hydroxylation is 1. The summed E-state index contributed by atoms with van der Waals surface area (Å²) in [7, 11) is 0. The Morgan fingerprint density at radius 2 is 2.07 bits per heavy atom. The Labute approximate surface area is 162 Å². The van der Waals surface area contributed by atoms with Crippen molar-refractivity contribution in [3.8, 4) is 23.1 Å². The van der Waals surface area contributed by atoms with Gasteiger partial charge in [-0.25, -0.2) is 10.4 Å². The van der Waals surface area contributed by atoms with E-state index in [9.17, 15) is 10.1 Å². The molecule has 2 aromatic carbocycles. The molecule has 0 radical (unpaired) electrons. The number of aromatic nitrogens is 2. The maximum Gasteiger partial charge on any atom is 0.270 e. The predicted molar refractivity (Wildman–Crippen MR) is 109 cm³/mol. The molecule has 0 spiro atoms. The molecule has 3 rings (SSSR count). The van der Waals surface area contributed by atoms with E-state index in [0.29, 0.717) is 23.6 Å². The number of H-pyrrole nitrogens is 1. The first-order valence-electron chi connectivity index (χ1n) is 8.74. The van der Waals surface area contributed by atoms with Gasteiger partial charge in [0.25, 0.3) is 5.56 Å². The average Bonchev–Trinajstić information content (AvgIpc) is 2.70. The first-order valence-corrected chi connectivity index (χ1v) is 8.74. The molecule has 7 heteroatoms. The normalized spacial score (nSPS) is 10.6. The standard InChI is InChI=1S/C21H19N5O2/c1-3-28-18-10-9-14(2)11-16(18)13-23-26-21-24-19(15-7-5-4-6-8-15)17(12-22)20(27)25-21/h4-11,13H,3H2,1-2H3,(H2,24,25,26,27). The van der Waals surface area contributed by atoms with Crippen LogP contribution in [-0.2, 0) is 0 Å². The molecule has 7 nitrogen and oxygen atoms in total. The van der Waals surface area contributed by atoms with Crippen LogP contribution in [0.5, 0.6) is 5.75 Å². The summed E-state index contributed by atoms with van der Waals surface area (Å²) in [6.07, 6.45) is 1.60. The summed E-state index contributed by atoms with van der Waals surface area (Å²) in [5.74, 6) is 0.856. The van der Waals surface area contributed by atoms with Crippen molar-refractivity contribution < 1.29 is 4.74 Å². The number of hydrazone groups is 1. The molecule has 140 valence electrons. The molecule has 28 heavy (non-hydrogen) atoms. The van der Waals surface area contributed by atoms with E-state index in [1.807, 2.05) is 56.3 Å². The Hall–Kier alpha value is -3.92. The molecule has 1 heterocycles. The van der Waals surface area contributed by atoms with Gasteiger partial charge >= 0.3 is 0 Å². The van der Waals surface area contributed by atoms with Gasteiger partial charge in [0.1, 0.15) is 17.4 Å². The van der Waals surface area contributed by atoms with Gasteiger partial charge in [-0.15, -0.1) is 0 Å². The monoisotopic (exact) mass is 373 g/mol. The highest BCUT2D eigenvalue weighted by atomic mass is 16.5. The van der Waals surface area contributed by atoms with Crippen LogP contribution in [0, 0.1) is 18.3 Å². The zero-order valence-corrected chi connectivity index (χ0v) is 15.6. The molecular weight excluding hydrogens is 354 g/mol. The first kappa shape index (κ1) is 18.9. The maximum absolute atomic E-state index is 12.3. The minimum atomic E-state index is -0.528. The minimum Gasteiger partial charge on any atom is -0.493 e. The number of hydrogen-bond donors (Lipinski definition) is 2. The molecule has 0 atom stereocenters. The van der Waals surface area contributed by atoms with E-state index in [4.69, 9.17) is 4.74 Å². The fourth-order valence-electron chi connectivity index (χ4n) is 2.65. The van der Waals surface area contributed by atoms with E-state index in [-0.39, 0.29) is 11.5 Å². The largest absolute Gasteiger partial charge is 0.493 e. The van der Waals surface area contributed by atoms with Crippen LogP contribution < -0.4 is 15.7 Å². The van der Waals surface area contributed by atoms with Crippen molar-refractivity contribution in [3.05, 3.63) is 75.6 Å². The predicted octanol–water partition coefficient (Wildman–Crippen LogP) is 3.46. The molecule has 0 aliphatic heterocycles. The van der Waals surface area contributed by atoms with Gasteiger partial charge < -0.3 is 4.74 Å². The summed E-state index contributed by atoms with van der Waals surface area (Å²) in [6, 6.07) is 16.8. The number of nitrogens with zero attached hydrogens (tertiary/aromatic N) is 3. The number of aromatic amines is 1. The Kier molecular flexibility index (Phi) is 5.82. The van der Waals surface area contributed by atoms with Crippen molar-refractivity contribution in [2.45, 2.75) is 13.8 Å².